The molecule has 6 heteroatoms. The van der Waals surface area contributed by atoms with E-state index in [1.807, 2.05) is 19.1 Å². The normalized spacial score (nSPS) is 10.1. The van der Waals surface area contributed by atoms with Gasteiger partial charge in [0.25, 0.3) is 0 Å². The van der Waals surface area contributed by atoms with E-state index in [1.165, 1.54) is 4.90 Å². The Morgan fingerprint density at radius 2 is 1.90 bits per heavy atom. The Labute approximate surface area is 119 Å². The van der Waals surface area contributed by atoms with Gasteiger partial charge in [0.15, 0.2) is 0 Å². The molecule has 0 bridgehead atoms. The van der Waals surface area contributed by atoms with Crippen molar-refractivity contribution in [1.82, 2.24) is 4.90 Å². The Balaban J connectivity index is 2.65. The van der Waals surface area contributed by atoms with Crippen LogP contribution in [0.15, 0.2) is 24.3 Å². The van der Waals surface area contributed by atoms with Crippen LogP contribution in [-0.2, 0) is 11.3 Å². The zero-order chi connectivity index (χ0) is 15.0. The number of benzene rings is 1. The Kier molecular flexibility index (Phi) is 6.52. The summed E-state index contributed by atoms with van der Waals surface area (Å²) in [4.78, 5) is 24.5. The van der Waals surface area contributed by atoms with Gasteiger partial charge in [0, 0.05) is 18.8 Å². The number of urea groups is 1. The summed E-state index contributed by atoms with van der Waals surface area (Å²) in [5.74, 6) is -0.519. The number of hydrogen-bond acceptors (Lipinski definition) is 3. The molecule has 0 fully saturated rings. The minimum Gasteiger partial charge on any atom is -0.368 e. The van der Waals surface area contributed by atoms with Gasteiger partial charge in [0.05, 0.1) is 0 Å². The van der Waals surface area contributed by atoms with Gasteiger partial charge >= 0.3 is 6.03 Å². The van der Waals surface area contributed by atoms with Gasteiger partial charge in [-0.15, -0.1) is 0 Å². The fourth-order valence-corrected chi connectivity index (χ4v) is 1.72. The van der Waals surface area contributed by atoms with Gasteiger partial charge in [-0.1, -0.05) is 25.5 Å². The number of nitrogens with two attached hydrogens (primary N) is 2. The van der Waals surface area contributed by atoms with Crippen molar-refractivity contribution in [3.8, 4) is 0 Å². The molecule has 0 aliphatic heterocycles. The molecule has 0 saturated heterocycles. The van der Waals surface area contributed by atoms with Gasteiger partial charge in [0.2, 0.25) is 5.91 Å². The summed E-state index contributed by atoms with van der Waals surface area (Å²) in [5, 5.41) is 2.75. The minimum absolute atomic E-state index is 0.0767. The lowest BCUT2D eigenvalue weighted by molar-refractivity contribution is -0.118. The minimum atomic E-state index is -0.519. The first-order valence-electron chi connectivity index (χ1n) is 6.70. The van der Waals surface area contributed by atoms with Crippen molar-refractivity contribution in [2.75, 3.05) is 18.4 Å². The second-order valence-corrected chi connectivity index (χ2v) is 4.57. The highest BCUT2D eigenvalue weighted by Gasteiger charge is 2.15. The lowest BCUT2D eigenvalue weighted by Crippen LogP contribution is -2.41. The van der Waals surface area contributed by atoms with Gasteiger partial charge < -0.3 is 21.7 Å². The second-order valence-electron chi connectivity index (χ2n) is 4.57. The van der Waals surface area contributed by atoms with Crippen LogP contribution in [0.4, 0.5) is 10.5 Å². The smallest absolute Gasteiger partial charge is 0.322 e. The summed E-state index contributed by atoms with van der Waals surface area (Å²) < 4.78 is 0. The first kappa shape index (κ1) is 16.0. The zero-order valence-corrected chi connectivity index (χ0v) is 11.8. The van der Waals surface area contributed by atoms with Gasteiger partial charge in [-0.05, 0) is 24.1 Å². The van der Waals surface area contributed by atoms with Crippen LogP contribution < -0.4 is 16.8 Å². The van der Waals surface area contributed by atoms with Gasteiger partial charge in [-0.25, -0.2) is 4.79 Å². The van der Waals surface area contributed by atoms with Crippen LogP contribution in [0.1, 0.15) is 25.3 Å². The molecular formula is C14H22N4O2. The van der Waals surface area contributed by atoms with Crippen molar-refractivity contribution in [2.24, 2.45) is 11.5 Å². The molecule has 20 heavy (non-hydrogen) atoms. The Bertz CT molecular complexity index is 445. The van der Waals surface area contributed by atoms with Crippen molar-refractivity contribution < 1.29 is 9.59 Å². The van der Waals surface area contributed by atoms with E-state index in [0.717, 1.165) is 18.4 Å². The van der Waals surface area contributed by atoms with E-state index in [4.69, 9.17) is 11.5 Å². The quantitative estimate of drug-likeness (QED) is 0.699. The first-order valence-corrected chi connectivity index (χ1v) is 6.70. The number of amides is 3. The van der Waals surface area contributed by atoms with Crippen molar-refractivity contribution in [3.63, 3.8) is 0 Å². The highest BCUT2D eigenvalue weighted by atomic mass is 16.2. The summed E-state index contributed by atoms with van der Waals surface area (Å²) in [6.07, 6.45) is 1.76. The van der Waals surface area contributed by atoms with E-state index in [0.29, 0.717) is 18.8 Å². The average molecular weight is 278 g/mol. The van der Waals surface area contributed by atoms with Crippen LogP contribution >= 0.6 is 0 Å². The van der Waals surface area contributed by atoms with E-state index in [2.05, 4.69) is 5.32 Å². The number of carbonyl (C=O) groups is 2. The average Bonchev–Trinajstić information content (AvgIpc) is 2.43. The van der Waals surface area contributed by atoms with Crippen LogP contribution in [0.3, 0.4) is 0 Å². The van der Waals surface area contributed by atoms with Crippen molar-refractivity contribution in [3.05, 3.63) is 29.8 Å². The number of nitrogens with zero attached hydrogens (tertiary/aromatic N) is 1. The lowest BCUT2D eigenvalue weighted by atomic mass is 10.2. The van der Waals surface area contributed by atoms with Gasteiger partial charge in [0.1, 0.15) is 6.54 Å². The molecule has 0 saturated carbocycles. The van der Waals surface area contributed by atoms with Gasteiger partial charge in [-0.2, -0.15) is 0 Å². The summed E-state index contributed by atoms with van der Waals surface area (Å²) >= 11 is 0. The maximum atomic E-state index is 12.1. The molecule has 3 amide bonds. The highest BCUT2D eigenvalue weighted by molar-refractivity contribution is 5.92. The molecule has 110 valence electrons. The lowest BCUT2D eigenvalue weighted by Gasteiger charge is -2.21. The third-order valence-electron chi connectivity index (χ3n) is 2.86. The van der Waals surface area contributed by atoms with Crippen molar-refractivity contribution in [1.29, 1.82) is 0 Å². The number of anilines is 1. The van der Waals surface area contributed by atoms with E-state index in [9.17, 15) is 9.59 Å². The fourth-order valence-electron chi connectivity index (χ4n) is 1.72. The Morgan fingerprint density at radius 1 is 1.25 bits per heavy atom. The van der Waals surface area contributed by atoms with Gasteiger partial charge in [-0.3, -0.25) is 4.79 Å². The van der Waals surface area contributed by atoms with E-state index >= 15 is 0 Å². The largest absolute Gasteiger partial charge is 0.368 e. The predicted molar refractivity (Wildman–Crippen MR) is 79.0 cm³/mol. The molecule has 0 aliphatic carbocycles. The molecule has 0 aromatic heterocycles. The van der Waals surface area contributed by atoms with E-state index < -0.39 is 5.91 Å². The maximum absolute atomic E-state index is 12.1. The number of rotatable bonds is 7. The third-order valence-corrected chi connectivity index (χ3v) is 2.86. The topological polar surface area (TPSA) is 101 Å². The second kappa shape index (κ2) is 8.16. The van der Waals surface area contributed by atoms with Crippen LogP contribution in [0.5, 0.6) is 0 Å². The molecule has 5 N–H and O–H groups in total. The Morgan fingerprint density at radius 3 is 2.40 bits per heavy atom. The summed E-state index contributed by atoms with van der Waals surface area (Å²) in [7, 11) is 0. The molecule has 0 aliphatic rings. The monoisotopic (exact) mass is 278 g/mol. The molecule has 0 unspecified atom stereocenters. The summed E-state index contributed by atoms with van der Waals surface area (Å²) in [6.45, 7) is 2.91. The zero-order valence-electron chi connectivity index (χ0n) is 11.8. The van der Waals surface area contributed by atoms with Crippen LogP contribution in [0.2, 0.25) is 0 Å². The van der Waals surface area contributed by atoms with Crippen molar-refractivity contribution >= 4 is 17.6 Å². The molecular weight excluding hydrogens is 256 g/mol. The first-order chi connectivity index (χ1) is 9.56. The molecule has 0 spiro atoms. The highest BCUT2D eigenvalue weighted by Crippen LogP contribution is 2.10. The molecule has 1 aromatic rings. The number of nitrogens with one attached hydrogen (secondary N) is 1. The summed E-state index contributed by atoms with van der Waals surface area (Å²) in [5.41, 5.74) is 12.3. The Hall–Kier alpha value is -2.08. The number of unbranched alkanes of at least 4 members (excludes halogenated alkanes) is 1. The van der Waals surface area contributed by atoms with E-state index in [-0.39, 0.29) is 12.6 Å². The number of carbonyl (C=O) groups excluding carboxylic acids is 2. The summed E-state index contributed by atoms with van der Waals surface area (Å²) in [6, 6.07) is 6.93. The third kappa shape index (κ3) is 5.27. The van der Waals surface area contributed by atoms with Crippen LogP contribution in [0, 0.1) is 0 Å². The standard InChI is InChI=1S/C14H22N4O2/c1-2-3-8-18(10-13(16)19)14(20)17-12-6-4-11(9-15)5-7-12/h4-7H,2-3,8-10,15H2,1H3,(H2,16,19)(H,17,20). The number of primary amides is 1. The number of hydrogen-bond donors (Lipinski definition) is 3. The van der Waals surface area contributed by atoms with Crippen LogP contribution in [0.25, 0.3) is 0 Å². The molecule has 6 nitrogen and oxygen atoms in total. The maximum Gasteiger partial charge on any atom is 0.322 e. The van der Waals surface area contributed by atoms with E-state index in [1.54, 1.807) is 12.1 Å². The molecule has 0 heterocycles. The fraction of sp³-hybridized carbons (Fsp3) is 0.429. The van der Waals surface area contributed by atoms with Crippen molar-refractivity contribution in [2.45, 2.75) is 26.3 Å². The SMILES string of the molecule is CCCCN(CC(N)=O)C(=O)Nc1ccc(CN)cc1. The molecule has 0 atom stereocenters. The molecule has 1 aromatic carbocycles. The molecule has 0 radical (unpaired) electrons. The molecule has 1 rings (SSSR count). The van der Waals surface area contributed by atoms with Crippen LogP contribution in [-0.4, -0.2) is 29.9 Å². The predicted octanol–water partition coefficient (Wildman–Crippen LogP) is 1.26.